The number of para-hydroxylation sites is 9. The number of anilines is 3. The van der Waals surface area contributed by atoms with Crippen molar-refractivity contribution in [3.05, 3.63) is 413 Å². The molecule has 13 aromatic rings. The fourth-order valence-corrected chi connectivity index (χ4v) is 9.89. The van der Waals surface area contributed by atoms with Gasteiger partial charge in [-0.25, -0.2) is 0 Å². The molecule has 3 amide bonds. The number of phenolic OH excluding ortho intramolecular Hbond substituents is 6. The second-order valence-corrected chi connectivity index (χ2v) is 24.5. The maximum Gasteiger partial charge on any atom is 0.255 e. The van der Waals surface area contributed by atoms with Crippen LogP contribution < -0.4 is 16.0 Å². The maximum absolute atomic E-state index is 12.5. The standard InChI is InChI=1S/C22H18O3.2C14H12O2.3C13H11NO2.2C3H8.8C2H6/c23-20-12-5-4-9-19(20)15-22(25)18-11-6-10-17(14-18)21(24)13-16-7-2-1-3-8-16;2*15-13-9-5-4-8-12(13)10-14(16)11-6-2-1-3-7-11;3*15-12-9-5-4-8-11(12)14-13(16)10-6-2-1-3-7-10;2*1-3-2;8*1-2/h1-12,14,23H,13,15H2;2*1-9,15H,10H2;3*1-9,15H,(H,14,16);2*3H2,1-2H3;8*1-2H3. The number of nitrogens with one attached hydrogen (secondary N) is 3. The molecule has 0 aromatic heterocycles. The number of rotatable bonds is 18. The quantitative estimate of drug-likeness (QED) is 0.0286. The van der Waals surface area contributed by atoms with Crippen LogP contribution in [0, 0.1) is 0 Å². The molecule has 0 unspecified atom stereocenters. The molecular formula is C111H139N3O13. The lowest BCUT2D eigenvalue weighted by molar-refractivity contribution is 0.0980. The topological polar surface area (TPSA) is 277 Å². The molecule has 0 aliphatic rings. The van der Waals surface area contributed by atoms with Crippen LogP contribution in [0.5, 0.6) is 34.5 Å². The third kappa shape index (κ3) is 49.0. The van der Waals surface area contributed by atoms with Gasteiger partial charge in [0.15, 0.2) is 23.1 Å². The third-order valence-electron chi connectivity index (χ3n) is 15.5. The van der Waals surface area contributed by atoms with E-state index in [9.17, 15) is 64.2 Å². The minimum Gasteiger partial charge on any atom is -0.508 e. The molecule has 0 atom stereocenters. The molecule has 0 aliphatic heterocycles. The smallest absolute Gasteiger partial charge is 0.255 e. The predicted octanol–water partition coefficient (Wildman–Crippen LogP) is 28.9. The van der Waals surface area contributed by atoms with Gasteiger partial charge in [-0.1, -0.05) is 406 Å². The highest BCUT2D eigenvalue weighted by atomic mass is 16.3. The van der Waals surface area contributed by atoms with Crippen molar-refractivity contribution in [1.29, 1.82) is 0 Å². The molecule has 0 bridgehead atoms. The Morgan fingerprint density at radius 3 is 0.598 bits per heavy atom. The molecule has 0 heterocycles. The van der Waals surface area contributed by atoms with Crippen molar-refractivity contribution >= 4 is 57.9 Å². The van der Waals surface area contributed by atoms with E-state index >= 15 is 0 Å². The van der Waals surface area contributed by atoms with Crippen LogP contribution in [0.15, 0.2) is 352 Å². The minimum absolute atomic E-state index is 0.0158. The molecule has 0 saturated heterocycles. The predicted molar refractivity (Wildman–Crippen MR) is 532 cm³/mol. The van der Waals surface area contributed by atoms with E-state index in [2.05, 4.69) is 43.6 Å². The molecule has 0 radical (unpaired) electrons. The Hall–Kier alpha value is -14.3. The number of carbonyl (C=O) groups excluding carboxylic acids is 7. The van der Waals surface area contributed by atoms with Gasteiger partial charge in [-0.3, -0.25) is 33.6 Å². The van der Waals surface area contributed by atoms with Crippen LogP contribution in [0.3, 0.4) is 0 Å². The average Bonchev–Trinajstić information content (AvgIpc) is 0.847. The molecule has 0 fully saturated rings. The van der Waals surface area contributed by atoms with E-state index in [4.69, 9.17) is 0 Å². The van der Waals surface area contributed by atoms with Gasteiger partial charge in [0, 0.05) is 81.3 Å². The van der Waals surface area contributed by atoms with Crippen molar-refractivity contribution < 1.29 is 64.2 Å². The Kier molecular flexibility index (Phi) is 70.5. The number of ketones is 4. The third-order valence-corrected chi connectivity index (χ3v) is 15.5. The van der Waals surface area contributed by atoms with Crippen molar-refractivity contribution in [2.45, 2.75) is 177 Å². The number of amides is 3. The van der Waals surface area contributed by atoms with Crippen molar-refractivity contribution in [2.75, 3.05) is 16.0 Å². The lowest BCUT2D eigenvalue weighted by Crippen LogP contribution is -2.11. The second kappa shape index (κ2) is 76.6. The summed E-state index contributed by atoms with van der Waals surface area (Å²) in [6.45, 7) is 40.5. The van der Waals surface area contributed by atoms with Gasteiger partial charge in [0.05, 0.1) is 17.1 Å². The molecular weight excluding hydrogens is 1580 g/mol. The summed E-state index contributed by atoms with van der Waals surface area (Å²) in [7, 11) is 0. The SMILES string of the molecule is CC.CC.CC.CC.CC.CC.CC.CC.CCC.CCC.O=C(Cc1ccccc1)c1cccc(C(=O)Cc2ccccc2O)c1.O=C(Cc1ccccc1O)c1ccccc1.O=C(Cc1ccccc1O)c1ccccc1.O=C(Nc1ccccc1O)c1ccccc1.O=C(Nc1ccccc1O)c1ccccc1.O=C(Nc1ccccc1O)c1ccccc1. The summed E-state index contributed by atoms with van der Waals surface area (Å²) in [5.74, 6) is -0.189. The lowest BCUT2D eigenvalue weighted by Gasteiger charge is -2.06. The summed E-state index contributed by atoms with van der Waals surface area (Å²) in [6.07, 6.45) is 3.37. The molecule has 9 N–H and O–H groups in total. The zero-order valence-corrected chi connectivity index (χ0v) is 78.3. The summed E-state index contributed by atoms with van der Waals surface area (Å²) in [6, 6.07) is 102. The Morgan fingerprint density at radius 1 is 0.197 bits per heavy atom. The van der Waals surface area contributed by atoms with Crippen LogP contribution in [0.25, 0.3) is 0 Å². The highest BCUT2D eigenvalue weighted by Crippen LogP contribution is 2.27. The second-order valence-electron chi connectivity index (χ2n) is 24.5. The van der Waals surface area contributed by atoms with Crippen molar-refractivity contribution in [1.82, 2.24) is 0 Å². The van der Waals surface area contributed by atoms with Gasteiger partial charge in [-0.15, -0.1) is 0 Å². The van der Waals surface area contributed by atoms with Gasteiger partial charge in [-0.2, -0.15) is 0 Å². The fourth-order valence-electron chi connectivity index (χ4n) is 9.89. The zero-order valence-electron chi connectivity index (χ0n) is 78.3. The lowest BCUT2D eigenvalue weighted by atomic mass is 9.97. The molecule has 13 aromatic carbocycles. The Morgan fingerprint density at radius 2 is 0.370 bits per heavy atom. The summed E-state index contributed by atoms with van der Waals surface area (Å²) in [5, 5.41) is 65.3. The molecule has 0 spiro atoms. The van der Waals surface area contributed by atoms with Gasteiger partial charge in [0.25, 0.3) is 17.7 Å². The monoisotopic (exact) mass is 1720 g/mol. The van der Waals surface area contributed by atoms with Gasteiger partial charge in [0.1, 0.15) is 34.5 Å². The summed E-state index contributed by atoms with van der Waals surface area (Å²) in [5.41, 5.74) is 8.11. The van der Waals surface area contributed by atoms with Crippen LogP contribution in [-0.4, -0.2) is 71.5 Å². The van der Waals surface area contributed by atoms with E-state index in [1.165, 1.54) is 31.0 Å². The largest absolute Gasteiger partial charge is 0.508 e. The van der Waals surface area contributed by atoms with Crippen LogP contribution in [0.4, 0.5) is 17.1 Å². The first-order valence-corrected chi connectivity index (χ1v) is 43.9. The van der Waals surface area contributed by atoms with Gasteiger partial charge in [-0.05, 0) is 103 Å². The molecule has 13 rings (SSSR count). The molecule has 16 nitrogen and oxygen atoms in total. The van der Waals surface area contributed by atoms with Gasteiger partial charge in [0.2, 0.25) is 0 Å². The number of hydrogen-bond acceptors (Lipinski definition) is 13. The fraction of sp³-hybridized carbons (Fsp3) is 0.234. The summed E-state index contributed by atoms with van der Waals surface area (Å²) >= 11 is 0. The Balaban J connectivity index is -0.00000140. The van der Waals surface area contributed by atoms with E-state index < -0.39 is 0 Å². The van der Waals surface area contributed by atoms with E-state index in [1.807, 2.05) is 208 Å². The van der Waals surface area contributed by atoms with Gasteiger partial charge >= 0.3 is 0 Å². The van der Waals surface area contributed by atoms with E-state index in [1.54, 1.807) is 237 Å². The highest BCUT2D eigenvalue weighted by molar-refractivity contribution is 6.07. The number of benzene rings is 13. The molecule has 0 aliphatic carbocycles. The Labute approximate surface area is 758 Å². The number of Topliss-reactive ketones (excluding diaryl/α,β-unsaturated/α-hetero) is 4. The van der Waals surface area contributed by atoms with Gasteiger partial charge < -0.3 is 46.6 Å². The molecule has 0 saturated carbocycles. The van der Waals surface area contributed by atoms with Crippen molar-refractivity contribution in [3.63, 3.8) is 0 Å². The van der Waals surface area contributed by atoms with Crippen LogP contribution in [0.2, 0.25) is 0 Å². The normalized spacial score (nSPS) is 8.91. The van der Waals surface area contributed by atoms with Crippen LogP contribution >= 0.6 is 0 Å². The maximum atomic E-state index is 12.5. The van der Waals surface area contributed by atoms with E-state index in [0.29, 0.717) is 79.1 Å². The summed E-state index contributed by atoms with van der Waals surface area (Å²) < 4.78 is 0. The first kappa shape index (κ1) is 117. The first-order chi connectivity index (χ1) is 61.8. The van der Waals surface area contributed by atoms with Crippen molar-refractivity contribution in [3.8, 4) is 34.5 Å². The summed E-state index contributed by atoms with van der Waals surface area (Å²) in [4.78, 5) is 83.9. The number of hydrogen-bond donors (Lipinski definition) is 9. The number of phenols is 6. The number of carbonyl (C=O) groups is 7. The van der Waals surface area contributed by atoms with E-state index in [-0.39, 0.29) is 94.6 Å². The molecule has 676 valence electrons. The minimum atomic E-state index is -0.234. The van der Waals surface area contributed by atoms with Crippen LogP contribution in [-0.2, 0) is 25.7 Å². The first-order valence-electron chi connectivity index (χ1n) is 43.9. The average molecular weight is 1720 g/mol. The van der Waals surface area contributed by atoms with Crippen molar-refractivity contribution in [2.24, 2.45) is 0 Å². The highest BCUT2D eigenvalue weighted by Gasteiger charge is 2.16. The molecule has 127 heavy (non-hydrogen) atoms. The Bertz CT molecular complexity index is 4460. The number of aromatic hydroxyl groups is 6. The van der Waals surface area contributed by atoms with Crippen LogP contribution in [0.1, 0.15) is 246 Å². The van der Waals surface area contributed by atoms with E-state index in [0.717, 1.165) is 5.56 Å². The molecule has 16 heteroatoms. The zero-order chi connectivity index (χ0) is 96.0.